The smallest absolute Gasteiger partial charge is 0.310 e. The molecule has 0 amide bonds. The molecule has 23 heavy (non-hydrogen) atoms. The predicted octanol–water partition coefficient (Wildman–Crippen LogP) is 3.78. The van der Waals surface area contributed by atoms with Crippen molar-refractivity contribution in [2.24, 2.45) is 0 Å². The molecule has 0 fully saturated rings. The number of aliphatic carboxylic acids is 1. The molecule has 0 aliphatic carbocycles. The van der Waals surface area contributed by atoms with Crippen molar-refractivity contribution < 1.29 is 14.6 Å². The number of hydrogen-bond donors (Lipinski definition) is 1. The average molecular weight is 313 g/mol. The molecule has 0 aromatic heterocycles. The van der Waals surface area contributed by atoms with Crippen molar-refractivity contribution in [2.45, 2.75) is 18.8 Å². The van der Waals surface area contributed by atoms with Crippen molar-refractivity contribution in [3.63, 3.8) is 0 Å². The number of hydrogen-bond acceptors (Lipinski definition) is 3. The van der Waals surface area contributed by atoms with Crippen LogP contribution in [0, 0.1) is 0 Å². The van der Waals surface area contributed by atoms with E-state index >= 15 is 0 Å². The van der Waals surface area contributed by atoms with Gasteiger partial charge in [0, 0.05) is 25.8 Å². The third-order valence-electron chi connectivity index (χ3n) is 3.74. The lowest BCUT2D eigenvalue weighted by Crippen LogP contribution is -2.13. The van der Waals surface area contributed by atoms with E-state index in [1.165, 1.54) is 0 Å². The minimum absolute atomic E-state index is 0.479. The van der Waals surface area contributed by atoms with Gasteiger partial charge in [-0.1, -0.05) is 36.4 Å². The van der Waals surface area contributed by atoms with Crippen molar-refractivity contribution in [3.8, 4) is 5.75 Å². The fourth-order valence-corrected chi connectivity index (χ4v) is 2.45. The number of carbonyl (C=O) groups is 1. The third-order valence-corrected chi connectivity index (χ3v) is 3.74. The summed E-state index contributed by atoms with van der Waals surface area (Å²) in [5.74, 6) is -0.457. The van der Waals surface area contributed by atoms with Crippen LogP contribution in [-0.2, 0) is 4.79 Å². The molecule has 0 aliphatic rings. The number of anilines is 1. The van der Waals surface area contributed by atoms with Crippen LogP contribution < -0.4 is 9.64 Å². The van der Waals surface area contributed by atoms with E-state index in [0.29, 0.717) is 19.4 Å². The lowest BCUT2D eigenvalue weighted by atomic mass is 9.95. The van der Waals surface area contributed by atoms with Gasteiger partial charge >= 0.3 is 5.97 Å². The monoisotopic (exact) mass is 313 g/mol. The molecule has 0 saturated carbocycles. The van der Waals surface area contributed by atoms with E-state index < -0.39 is 11.9 Å². The molecule has 0 bridgehead atoms. The largest absolute Gasteiger partial charge is 0.494 e. The van der Waals surface area contributed by atoms with E-state index in [-0.39, 0.29) is 0 Å². The Morgan fingerprint density at radius 1 is 1.13 bits per heavy atom. The zero-order valence-corrected chi connectivity index (χ0v) is 13.6. The SMILES string of the molecule is CN(C)c1cccc(OCCCC(C(=O)O)c2ccccc2)c1. The van der Waals surface area contributed by atoms with Gasteiger partial charge in [0.2, 0.25) is 0 Å². The van der Waals surface area contributed by atoms with Gasteiger partial charge in [0.05, 0.1) is 12.5 Å². The van der Waals surface area contributed by atoms with Crippen LogP contribution in [0.5, 0.6) is 5.75 Å². The summed E-state index contributed by atoms with van der Waals surface area (Å²) in [5.41, 5.74) is 1.92. The van der Waals surface area contributed by atoms with Gasteiger partial charge < -0.3 is 14.7 Å². The van der Waals surface area contributed by atoms with Crippen LogP contribution >= 0.6 is 0 Å². The Hall–Kier alpha value is -2.49. The van der Waals surface area contributed by atoms with Crippen LogP contribution in [0.1, 0.15) is 24.3 Å². The van der Waals surface area contributed by atoms with Crippen LogP contribution in [0.3, 0.4) is 0 Å². The second-order valence-corrected chi connectivity index (χ2v) is 5.68. The molecule has 1 unspecified atom stereocenters. The molecule has 4 heteroatoms. The van der Waals surface area contributed by atoms with E-state index in [0.717, 1.165) is 17.0 Å². The average Bonchev–Trinajstić information content (AvgIpc) is 2.55. The first-order valence-electron chi connectivity index (χ1n) is 7.76. The van der Waals surface area contributed by atoms with Crippen molar-refractivity contribution in [3.05, 3.63) is 60.2 Å². The van der Waals surface area contributed by atoms with Crippen LogP contribution in [0.25, 0.3) is 0 Å². The highest BCUT2D eigenvalue weighted by Crippen LogP contribution is 2.23. The molecular formula is C19H23NO3. The molecule has 0 aliphatic heterocycles. The summed E-state index contributed by atoms with van der Waals surface area (Å²) in [6.45, 7) is 0.507. The van der Waals surface area contributed by atoms with Crippen LogP contribution in [-0.4, -0.2) is 31.8 Å². The maximum atomic E-state index is 11.4. The standard InChI is InChI=1S/C19H23NO3/c1-20(2)16-10-6-11-17(14-16)23-13-7-12-18(19(21)22)15-8-4-3-5-9-15/h3-6,8-11,14,18H,7,12-13H2,1-2H3,(H,21,22). The summed E-state index contributed by atoms with van der Waals surface area (Å²) in [5, 5.41) is 9.39. The Kier molecular flexibility index (Phi) is 6.03. The summed E-state index contributed by atoms with van der Waals surface area (Å²) in [6, 6.07) is 17.2. The molecule has 1 atom stereocenters. The topological polar surface area (TPSA) is 49.8 Å². The highest BCUT2D eigenvalue weighted by molar-refractivity contribution is 5.75. The Morgan fingerprint density at radius 3 is 2.52 bits per heavy atom. The van der Waals surface area contributed by atoms with Crippen molar-refractivity contribution in [1.82, 2.24) is 0 Å². The lowest BCUT2D eigenvalue weighted by molar-refractivity contribution is -0.139. The van der Waals surface area contributed by atoms with Gasteiger partial charge in [0.1, 0.15) is 5.75 Å². The van der Waals surface area contributed by atoms with E-state index in [2.05, 4.69) is 0 Å². The summed E-state index contributed by atoms with van der Waals surface area (Å²) >= 11 is 0. The fraction of sp³-hybridized carbons (Fsp3) is 0.316. The molecular weight excluding hydrogens is 290 g/mol. The fourth-order valence-electron chi connectivity index (χ4n) is 2.45. The highest BCUT2D eigenvalue weighted by Gasteiger charge is 2.18. The van der Waals surface area contributed by atoms with E-state index in [9.17, 15) is 9.90 Å². The molecule has 4 nitrogen and oxygen atoms in total. The Balaban J connectivity index is 1.86. The zero-order valence-electron chi connectivity index (χ0n) is 13.6. The van der Waals surface area contributed by atoms with Gasteiger partial charge in [-0.05, 0) is 30.5 Å². The number of nitrogens with zero attached hydrogens (tertiary/aromatic N) is 1. The van der Waals surface area contributed by atoms with Gasteiger partial charge in [-0.15, -0.1) is 0 Å². The van der Waals surface area contributed by atoms with Crippen molar-refractivity contribution in [2.75, 3.05) is 25.6 Å². The minimum atomic E-state index is -0.786. The minimum Gasteiger partial charge on any atom is -0.494 e. The number of carboxylic acid groups (broad SMARTS) is 1. The molecule has 0 saturated heterocycles. The molecule has 2 aromatic rings. The molecule has 122 valence electrons. The van der Waals surface area contributed by atoms with Crippen LogP contribution in [0.2, 0.25) is 0 Å². The molecule has 0 heterocycles. The van der Waals surface area contributed by atoms with E-state index in [1.807, 2.05) is 73.6 Å². The van der Waals surface area contributed by atoms with Gasteiger partial charge in [-0.25, -0.2) is 0 Å². The molecule has 2 aromatic carbocycles. The third kappa shape index (κ3) is 5.02. The number of rotatable bonds is 8. The second-order valence-electron chi connectivity index (χ2n) is 5.68. The first kappa shape index (κ1) is 16.9. The first-order valence-corrected chi connectivity index (χ1v) is 7.76. The van der Waals surface area contributed by atoms with Gasteiger partial charge in [0.15, 0.2) is 0 Å². The summed E-state index contributed by atoms with van der Waals surface area (Å²) in [7, 11) is 3.97. The summed E-state index contributed by atoms with van der Waals surface area (Å²) in [6.07, 6.45) is 1.25. The quantitative estimate of drug-likeness (QED) is 0.754. The van der Waals surface area contributed by atoms with E-state index in [1.54, 1.807) is 0 Å². The first-order chi connectivity index (χ1) is 11.1. The van der Waals surface area contributed by atoms with Crippen molar-refractivity contribution >= 4 is 11.7 Å². The molecule has 0 spiro atoms. The normalized spacial score (nSPS) is 11.7. The molecule has 1 N–H and O–H groups in total. The lowest BCUT2D eigenvalue weighted by Gasteiger charge is -2.15. The van der Waals surface area contributed by atoms with Gasteiger partial charge in [-0.3, -0.25) is 4.79 Å². The summed E-state index contributed by atoms with van der Waals surface area (Å²) in [4.78, 5) is 13.5. The highest BCUT2D eigenvalue weighted by atomic mass is 16.5. The maximum Gasteiger partial charge on any atom is 0.310 e. The number of ether oxygens (including phenoxy) is 1. The number of carboxylic acids is 1. The van der Waals surface area contributed by atoms with Crippen LogP contribution in [0.4, 0.5) is 5.69 Å². The summed E-state index contributed by atoms with van der Waals surface area (Å²) < 4.78 is 5.74. The maximum absolute atomic E-state index is 11.4. The number of benzene rings is 2. The predicted molar refractivity (Wildman–Crippen MR) is 92.3 cm³/mol. The Morgan fingerprint density at radius 2 is 1.87 bits per heavy atom. The van der Waals surface area contributed by atoms with Crippen LogP contribution in [0.15, 0.2) is 54.6 Å². The Labute approximate surface area is 137 Å². The molecule has 2 rings (SSSR count). The van der Waals surface area contributed by atoms with E-state index in [4.69, 9.17) is 4.74 Å². The van der Waals surface area contributed by atoms with Gasteiger partial charge in [0.25, 0.3) is 0 Å². The zero-order chi connectivity index (χ0) is 16.7. The van der Waals surface area contributed by atoms with Gasteiger partial charge in [-0.2, -0.15) is 0 Å². The second kappa shape index (κ2) is 8.22. The Bertz CT molecular complexity index is 626. The van der Waals surface area contributed by atoms with Crippen molar-refractivity contribution in [1.29, 1.82) is 0 Å². The molecule has 0 radical (unpaired) electrons.